The fourth-order valence-corrected chi connectivity index (χ4v) is 3.96. The van der Waals surface area contributed by atoms with Crippen molar-refractivity contribution in [2.75, 3.05) is 25.0 Å². The number of aliphatic hydroxyl groups excluding tert-OH is 1. The molecular weight excluding hydrogens is 406 g/mol. The van der Waals surface area contributed by atoms with Gasteiger partial charge >= 0.3 is 6.18 Å². The summed E-state index contributed by atoms with van der Waals surface area (Å²) in [5, 5.41) is 15.0. The van der Waals surface area contributed by atoms with E-state index in [0.717, 1.165) is 12.1 Å². The molecule has 2 aliphatic rings. The highest BCUT2D eigenvalue weighted by Crippen LogP contribution is 2.32. The van der Waals surface area contributed by atoms with Crippen LogP contribution in [0.3, 0.4) is 0 Å². The summed E-state index contributed by atoms with van der Waals surface area (Å²) in [4.78, 5) is 26.5. The van der Waals surface area contributed by atoms with Crippen molar-refractivity contribution >= 4 is 17.5 Å². The van der Waals surface area contributed by atoms with Crippen LogP contribution >= 0.6 is 0 Å². The maximum atomic E-state index is 12.9. The van der Waals surface area contributed by atoms with Gasteiger partial charge in [0.1, 0.15) is 6.67 Å². The number of rotatable bonds is 5. The lowest BCUT2D eigenvalue weighted by Gasteiger charge is -2.33. The van der Waals surface area contributed by atoms with Crippen LogP contribution in [-0.2, 0) is 22.4 Å². The molecule has 0 unspecified atom stereocenters. The lowest BCUT2D eigenvalue weighted by molar-refractivity contribution is -0.137. The number of aliphatic hydroxyl groups is 1. The van der Waals surface area contributed by atoms with Gasteiger partial charge in [-0.15, -0.1) is 0 Å². The van der Waals surface area contributed by atoms with Crippen molar-refractivity contribution in [1.82, 2.24) is 10.2 Å². The highest BCUT2D eigenvalue weighted by Gasteiger charge is 2.34. The van der Waals surface area contributed by atoms with Gasteiger partial charge in [-0.1, -0.05) is 0 Å². The maximum absolute atomic E-state index is 12.9. The Morgan fingerprint density at radius 3 is 2.47 bits per heavy atom. The third kappa shape index (κ3) is 5.69. The second-order valence-electron chi connectivity index (χ2n) is 7.92. The van der Waals surface area contributed by atoms with Gasteiger partial charge in [0, 0.05) is 31.7 Å². The summed E-state index contributed by atoms with van der Waals surface area (Å²) in [6, 6.07) is 2.32. The number of benzene rings is 1. The molecule has 0 aromatic heterocycles. The van der Waals surface area contributed by atoms with Crippen molar-refractivity contribution in [3.05, 3.63) is 29.3 Å². The fraction of sp³-hybridized carbons (Fsp3) is 0.600. The summed E-state index contributed by atoms with van der Waals surface area (Å²) in [5.41, 5.74) is -1.25. The number of β-amino-alcohol motifs (C(OH)–C–C–N with tert-alkyl or cyclic N) is 1. The summed E-state index contributed by atoms with van der Waals surface area (Å²) < 4.78 is 51.7. The van der Waals surface area contributed by atoms with Gasteiger partial charge in [0.25, 0.3) is 0 Å². The number of carbonyl (C=O) groups is 2. The van der Waals surface area contributed by atoms with Gasteiger partial charge in [0.15, 0.2) is 0 Å². The Bertz CT molecular complexity index is 779. The van der Waals surface area contributed by atoms with Crippen molar-refractivity contribution in [2.24, 2.45) is 5.92 Å². The first kappa shape index (κ1) is 22.5. The number of anilines is 1. The fourth-order valence-electron chi connectivity index (χ4n) is 3.96. The van der Waals surface area contributed by atoms with E-state index >= 15 is 0 Å². The van der Waals surface area contributed by atoms with E-state index < -0.39 is 30.4 Å². The first-order valence-corrected chi connectivity index (χ1v) is 9.93. The first-order valence-electron chi connectivity index (χ1n) is 9.93. The molecule has 6 nitrogen and oxygen atoms in total. The Morgan fingerprint density at radius 2 is 1.90 bits per heavy atom. The number of piperidine rings is 1. The smallest absolute Gasteiger partial charge is 0.392 e. The monoisotopic (exact) mass is 431 g/mol. The van der Waals surface area contributed by atoms with Crippen LogP contribution in [0, 0.1) is 5.92 Å². The largest absolute Gasteiger partial charge is 0.416 e. The van der Waals surface area contributed by atoms with E-state index in [1.807, 2.05) is 0 Å². The number of hydrogen-bond donors (Lipinski definition) is 3. The van der Waals surface area contributed by atoms with E-state index in [0.29, 0.717) is 38.9 Å². The Labute approximate surface area is 171 Å². The van der Waals surface area contributed by atoms with Crippen LogP contribution in [0.25, 0.3) is 0 Å². The minimum absolute atomic E-state index is 0.00243. The Hall–Kier alpha value is -2.20. The lowest BCUT2D eigenvalue weighted by atomic mass is 9.92. The van der Waals surface area contributed by atoms with Gasteiger partial charge in [0.2, 0.25) is 11.8 Å². The summed E-state index contributed by atoms with van der Waals surface area (Å²) in [6.45, 7) is 0.306. The molecule has 30 heavy (non-hydrogen) atoms. The predicted octanol–water partition coefficient (Wildman–Crippen LogP) is 2.46. The van der Waals surface area contributed by atoms with Crippen molar-refractivity contribution in [2.45, 2.75) is 50.7 Å². The van der Waals surface area contributed by atoms with E-state index in [2.05, 4.69) is 10.6 Å². The average molecular weight is 431 g/mol. The maximum Gasteiger partial charge on any atom is 0.416 e. The second-order valence-corrected chi connectivity index (χ2v) is 7.92. The average Bonchev–Trinajstić information content (AvgIpc) is 3.13. The molecule has 0 aliphatic carbocycles. The zero-order valence-corrected chi connectivity index (χ0v) is 16.3. The van der Waals surface area contributed by atoms with Gasteiger partial charge in [-0.05, 0) is 48.9 Å². The highest BCUT2D eigenvalue weighted by atomic mass is 19.4. The van der Waals surface area contributed by atoms with Crippen molar-refractivity contribution < 1.29 is 32.3 Å². The molecule has 1 aromatic rings. The molecule has 1 aromatic carbocycles. The first-order chi connectivity index (χ1) is 14.2. The normalized spacial score (nSPS) is 22.9. The zero-order valence-electron chi connectivity index (χ0n) is 16.3. The highest BCUT2D eigenvalue weighted by molar-refractivity contribution is 5.91. The Kier molecular flexibility index (Phi) is 6.97. The van der Waals surface area contributed by atoms with Crippen molar-refractivity contribution in [1.29, 1.82) is 0 Å². The molecule has 0 radical (unpaired) electrons. The number of nitrogens with zero attached hydrogens (tertiary/aromatic N) is 1. The van der Waals surface area contributed by atoms with Crippen LogP contribution in [0.4, 0.5) is 23.2 Å². The molecule has 0 bridgehead atoms. The van der Waals surface area contributed by atoms with Crippen LogP contribution in [0.15, 0.2) is 18.2 Å². The molecule has 2 saturated heterocycles. The molecule has 2 amide bonds. The van der Waals surface area contributed by atoms with E-state index in [9.17, 15) is 32.3 Å². The Balaban J connectivity index is 1.51. The van der Waals surface area contributed by atoms with E-state index in [1.54, 1.807) is 4.90 Å². The van der Waals surface area contributed by atoms with Crippen molar-refractivity contribution in [3.8, 4) is 0 Å². The van der Waals surface area contributed by atoms with Crippen LogP contribution in [0.5, 0.6) is 0 Å². The van der Waals surface area contributed by atoms with Crippen LogP contribution in [-0.4, -0.2) is 53.6 Å². The van der Waals surface area contributed by atoms with E-state index in [4.69, 9.17) is 0 Å². The number of carbonyl (C=O) groups excluding carboxylic acids is 2. The molecule has 0 spiro atoms. The Morgan fingerprint density at radius 1 is 1.20 bits per heavy atom. The van der Waals surface area contributed by atoms with E-state index in [1.165, 1.54) is 6.07 Å². The standard InChI is InChI=1S/C20H25F4N3O3/c21-10-13-5-14(20(22,23)24)8-15(6-13)26-18(29)7-12-1-3-27(4-2-12)19(30)17-9-16(28)11-25-17/h5-6,8,12,16-17,25,28H,1-4,7,9-11H2,(H,26,29)/t16-,17+/m1/s1. The van der Waals surface area contributed by atoms with Gasteiger partial charge in [-0.2, -0.15) is 13.2 Å². The molecule has 2 aliphatic heterocycles. The number of halogens is 4. The third-order valence-corrected chi connectivity index (χ3v) is 5.56. The van der Waals surface area contributed by atoms with Gasteiger partial charge in [-0.3, -0.25) is 9.59 Å². The molecular formula is C20H25F4N3O3. The molecule has 0 saturated carbocycles. The number of nitrogens with one attached hydrogen (secondary N) is 2. The van der Waals surface area contributed by atoms with E-state index in [-0.39, 0.29) is 35.5 Å². The van der Waals surface area contributed by atoms with Gasteiger partial charge < -0.3 is 20.6 Å². The molecule has 2 atom stereocenters. The molecule has 2 fully saturated rings. The molecule has 3 rings (SSSR count). The number of alkyl halides is 4. The summed E-state index contributed by atoms with van der Waals surface area (Å²) >= 11 is 0. The number of amides is 2. The predicted molar refractivity (Wildman–Crippen MR) is 101 cm³/mol. The minimum atomic E-state index is -4.63. The number of hydrogen-bond acceptors (Lipinski definition) is 4. The minimum Gasteiger partial charge on any atom is -0.392 e. The topological polar surface area (TPSA) is 81.7 Å². The quantitative estimate of drug-likeness (QED) is 0.626. The van der Waals surface area contributed by atoms with Gasteiger partial charge in [-0.25, -0.2) is 4.39 Å². The molecule has 2 heterocycles. The van der Waals surface area contributed by atoms with Gasteiger partial charge in [0.05, 0.1) is 17.7 Å². The van der Waals surface area contributed by atoms with Crippen LogP contribution in [0.1, 0.15) is 36.8 Å². The zero-order chi connectivity index (χ0) is 21.9. The summed E-state index contributed by atoms with van der Waals surface area (Å²) in [7, 11) is 0. The number of likely N-dealkylation sites (tertiary alicyclic amines) is 1. The molecule has 10 heteroatoms. The molecule has 166 valence electrons. The van der Waals surface area contributed by atoms with Crippen molar-refractivity contribution in [3.63, 3.8) is 0 Å². The second kappa shape index (κ2) is 9.30. The lowest BCUT2D eigenvalue weighted by Crippen LogP contribution is -2.47. The van der Waals surface area contributed by atoms with Crippen LogP contribution < -0.4 is 10.6 Å². The summed E-state index contributed by atoms with van der Waals surface area (Å²) in [6.07, 6.45) is -3.44. The summed E-state index contributed by atoms with van der Waals surface area (Å²) in [5.74, 6) is -0.496. The van der Waals surface area contributed by atoms with Crippen LogP contribution in [0.2, 0.25) is 0 Å². The SMILES string of the molecule is O=C(CC1CCN(C(=O)[C@@H]2C[C@@H](O)CN2)CC1)Nc1cc(CF)cc(C(F)(F)F)c1. The molecule has 3 N–H and O–H groups in total. The third-order valence-electron chi connectivity index (χ3n) is 5.56.